The highest BCUT2D eigenvalue weighted by Gasteiger charge is 2.18. The van der Waals surface area contributed by atoms with Crippen LogP contribution in [0.25, 0.3) is 0 Å². The van der Waals surface area contributed by atoms with Crippen molar-refractivity contribution < 1.29 is 24.0 Å². The molecule has 0 aromatic heterocycles. The number of hydrogen-bond acceptors (Lipinski definition) is 6. The van der Waals surface area contributed by atoms with Gasteiger partial charge in [-0.3, -0.25) is 14.9 Å². The number of rotatable bonds is 9. The molecule has 0 saturated carbocycles. The lowest BCUT2D eigenvalue weighted by Crippen LogP contribution is -2.25. The number of aryl methyl sites for hydroxylation is 1. The number of nitrogens with one attached hydrogen (secondary N) is 1. The maximum Gasteiger partial charge on any atom is 0.338 e. The highest BCUT2D eigenvalue weighted by atomic mass is 16.6. The molecule has 2 rings (SSSR count). The van der Waals surface area contributed by atoms with E-state index >= 15 is 0 Å². The molecule has 28 heavy (non-hydrogen) atoms. The molecule has 2 aromatic carbocycles. The number of hydrogen-bond donors (Lipinski definition) is 1. The minimum absolute atomic E-state index is 0.0329. The van der Waals surface area contributed by atoms with E-state index in [9.17, 15) is 19.7 Å². The van der Waals surface area contributed by atoms with Crippen LogP contribution in [0.5, 0.6) is 5.75 Å². The molecule has 1 N–H and O–H groups in total. The van der Waals surface area contributed by atoms with Crippen molar-refractivity contribution in [3.63, 3.8) is 0 Å². The zero-order chi connectivity index (χ0) is 20.5. The van der Waals surface area contributed by atoms with Gasteiger partial charge in [-0.2, -0.15) is 0 Å². The third kappa shape index (κ3) is 6.08. The summed E-state index contributed by atoms with van der Waals surface area (Å²) in [6, 6.07) is 11.2. The number of benzene rings is 2. The number of amides is 1. The number of nitrogens with zero attached hydrogens (tertiary/aromatic N) is 1. The van der Waals surface area contributed by atoms with Gasteiger partial charge >= 0.3 is 5.97 Å². The smallest absolute Gasteiger partial charge is 0.338 e. The summed E-state index contributed by atoms with van der Waals surface area (Å²) in [4.78, 5) is 34.2. The van der Waals surface area contributed by atoms with E-state index < -0.39 is 16.8 Å². The van der Waals surface area contributed by atoms with Gasteiger partial charge in [0, 0.05) is 24.2 Å². The van der Waals surface area contributed by atoms with Crippen LogP contribution >= 0.6 is 0 Å². The summed E-state index contributed by atoms with van der Waals surface area (Å²) in [6.07, 6.45) is 1.41. The van der Waals surface area contributed by atoms with Gasteiger partial charge in [-0.1, -0.05) is 17.7 Å². The van der Waals surface area contributed by atoms with Crippen LogP contribution in [0.4, 0.5) is 5.69 Å². The second-order valence-corrected chi connectivity index (χ2v) is 6.14. The van der Waals surface area contributed by atoms with Gasteiger partial charge in [0.2, 0.25) is 0 Å². The molecular formula is C20H22N2O6. The molecule has 8 heteroatoms. The number of unbranched alkanes of at least 4 members (excludes halogenated alkanes) is 1. The van der Waals surface area contributed by atoms with Crippen molar-refractivity contribution in [2.24, 2.45) is 0 Å². The first kappa shape index (κ1) is 20.9. The van der Waals surface area contributed by atoms with Crippen LogP contribution in [-0.2, 0) is 4.74 Å². The molecular weight excluding hydrogens is 364 g/mol. The minimum atomic E-state index is -0.744. The van der Waals surface area contributed by atoms with Crippen LogP contribution < -0.4 is 10.1 Å². The Labute approximate surface area is 162 Å². The molecule has 0 aliphatic heterocycles. The molecule has 0 fully saturated rings. The van der Waals surface area contributed by atoms with Gasteiger partial charge in [-0.25, -0.2) is 4.79 Å². The van der Waals surface area contributed by atoms with Gasteiger partial charge in [0.1, 0.15) is 5.75 Å². The molecule has 0 aliphatic carbocycles. The molecule has 0 aliphatic rings. The molecule has 148 valence electrons. The van der Waals surface area contributed by atoms with Gasteiger partial charge < -0.3 is 14.8 Å². The molecule has 0 radical (unpaired) electrons. The maximum atomic E-state index is 12.3. The molecule has 0 atom stereocenters. The SMILES string of the molecule is COC(=O)c1cc(C(=O)NCCCCOc2ccc(C)cc2)cc([N+](=O)[O-])c1. The van der Waals surface area contributed by atoms with Crippen molar-refractivity contribution >= 4 is 17.6 Å². The van der Waals surface area contributed by atoms with Crippen LogP contribution in [0.3, 0.4) is 0 Å². The van der Waals surface area contributed by atoms with Crippen LogP contribution in [0.2, 0.25) is 0 Å². The predicted molar refractivity (Wildman–Crippen MR) is 103 cm³/mol. The second kappa shape index (κ2) is 10.1. The Bertz CT molecular complexity index is 848. The third-order valence-electron chi connectivity index (χ3n) is 3.96. The number of non-ortho nitro benzene ring substituents is 1. The molecule has 1 amide bonds. The first-order valence-corrected chi connectivity index (χ1v) is 8.76. The highest BCUT2D eigenvalue weighted by molar-refractivity contribution is 5.98. The fourth-order valence-corrected chi connectivity index (χ4v) is 2.44. The van der Waals surface area contributed by atoms with Gasteiger partial charge in [-0.05, 0) is 38.0 Å². The van der Waals surface area contributed by atoms with Crippen LogP contribution in [-0.4, -0.2) is 37.1 Å². The van der Waals surface area contributed by atoms with Crippen molar-refractivity contribution in [2.45, 2.75) is 19.8 Å². The van der Waals surface area contributed by atoms with Crippen LogP contribution in [0.1, 0.15) is 39.1 Å². The second-order valence-electron chi connectivity index (χ2n) is 6.14. The Hall–Kier alpha value is -3.42. The largest absolute Gasteiger partial charge is 0.494 e. The Morgan fingerprint density at radius 1 is 1.07 bits per heavy atom. The summed E-state index contributed by atoms with van der Waals surface area (Å²) in [5.74, 6) is -0.444. The summed E-state index contributed by atoms with van der Waals surface area (Å²) in [6.45, 7) is 2.90. The number of nitro benzene ring substituents is 1. The zero-order valence-corrected chi connectivity index (χ0v) is 15.8. The number of esters is 1. The molecule has 0 bridgehead atoms. The van der Waals surface area contributed by atoms with E-state index in [4.69, 9.17) is 4.74 Å². The Balaban J connectivity index is 1.83. The molecule has 0 heterocycles. The van der Waals surface area contributed by atoms with E-state index in [0.717, 1.165) is 29.9 Å². The van der Waals surface area contributed by atoms with E-state index in [1.165, 1.54) is 13.2 Å². The molecule has 0 spiro atoms. The number of methoxy groups -OCH3 is 1. The average molecular weight is 386 g/mol. The fraction of sp³-hybridized carbons (Fsp3) is 0.300. The molecule has 8 nitrogen and oxygen atoms in total. The van der Waals surface area contributed by atoms with Gasteiger partial charge in [0.05, 0.1) is 24.2 Å². The van der Waals surface area contributed by atoms with Gasteiger partial charge in [0.15, 0.2) is 0 Å². The van der Waals surface area contributed by atoms with Crippen LogP contribution in [0, 0.1) is 17.0 Å². The normalized spacial score (nSPS) is 10.2. The zero-order valence-electron chi connectivity index (χ0n) is 15.8. The van der Waals surface area contributed by atoms with Gasteiger partial charge in [-0.15, -0.1) is 0 Å². The number of ether oxygens (including phenoxy) is 2. The molecule has 0 unspecified atom stereocenters. The van der Waals surface area contributed by atoms with E-state index in [1.54, 1.807) is 0 Å². The van der Waals surface area contributed by atoms with Crippen molar-refractivity contribution in [3.8, 4) is 5.75 Å². The summed E-state index contributed by atoms with van der Waals surface area (Å²) in [5, 5.41) is 13.7. The maximum absolute atomic E-state index is 12.3. The Morgan fingerprint density at radius 3 is 2.39 bits per heavy atom. The standard InChI is InChI=1S/C20H22N2O6/c1-14-5-7-18(8-6-14)28-10-4-3-9-21-19(23)15-11-16(20(24)27-2)13-17(12-15)22(25)26/h5-8,11-13H,3-4,9-10H2,1-2H3,(H,21,23). The highest BCUT2D eigenvalue weighted by Crippen LogP contribution is 2.18. The summed E-state index contributed by atoms with van der Waals surface area (Å²) < 4.78 is 10.2. The third-order valence-corrected chi connectivity index (χ3v) is 3.96. The lowest BCUT2D eigenvalue weighted by molar-refractivity contribution is -0.384. The Kier molecular flexibility index (Phi) is 7.50. The number of carbonyl (C=O) groups is 2. The van der Waals surface area contributed by atoms with Crippen LogP contribution in [0.15, 0.2) is 42.5 Å². The van der Waals surface area contributed by atoms with E-state index in [-0.39, 0.29) is 16.8 Å². The first-order chi connectivity index (χ1) is 13.4. The van der Waals surface area contributed by atoms with E-state index in [2.05, 4.69) is 10.1 Å². The topological polar surface area (TPSA) is 108 Å². The lowest BCUT2D eigenvalue weighted by Gasteiger charge is -2.08. The molecule has 2 aromatic rings. The Morgan fingerprint density at radius 2 is 1.75 bits per heavy atom. The van der Waals surface area contributed by atoms with E-state index in [0.29, 0.717) is 19.6 Å². The summed E-state index contributed by atoms with van der Waals surface area (Å²) >= 11 is 0. The van der Waals surface area contributed by atoms with Crippen molar-refractivity contribution in [1.29, 1.82) is 0 Å². The summed E-state index contributed by atoms with van der Waals surface area (Å²) in [5.41, 5.74) is 0.796. The number of nitro groups is 1. The molecule has 0 saturated heterocycles. The number of carbonyl (C=O) groups excluding carboxylic acids is 2. The lowest BCUT2D eigenvalue weighted by atomic mass is 10.1. The van der Waals surface area contributed by atoms with Gasteiger partial charge in [0.25, 0.3) is 11.6 Å². The monoisotopic (exact) mass is 386 g/mol. The predicted octanol–water partition coefficient (Wildman–Crippen LogP) is 3.28. The minimum Gasteiger partial charge on any atom is -0.494 e. The summed E-state index contributed by atoms with van der Waals surface area (Å²) in [7, 11) is 1.17. The van der Waals surface area contributed by atoms with Crippen molar-refractivity contribution in [1.82, 2.24) is 5.32 Å². The van der Waals surface area contributed by atoms with Crippen molar-refractivity contribution in [2.75, 3.05) is 20.3 Å². The van der Waals surface area contributed by atoms with Crippen molar-refractivity contribution in [3.05, 3.63) is 69.3 Å². The fourth-order valence-electron chi connectivity index (χ4n) is 2.44. The quantitative estimate of drug-likeness (QED) is 0.307. The first-order valence-electron chi connectivity index (χ1n) is 8.76. The average Bonchev–Trinajstić information content (AvgIpc) is 2.70. The van der Waals surface area contributed by atoms with E-state index in [1.807, 2.05) is 31.2 Å².